The zero-order chi connectivity index (χ0) is 15.8. The maximum Gasteiger partial charge on any atom is 0.349 e. The summed E-state index contributed by atoms with van der Waals surface area (Å²) in [7, 11) is -0.836. The molecule has 1 N–H and O–H groups in total. The van der Waals surface area contributed by atoms with Gasteiger partial charge in [0, 0.05) is 17.2 Å². The fourth-order valence-electron chi connectivity index (χ4n) is 3.49. The van der Waals surface area contributed by atoms with Gasteiger partial charge in [-0.1, -0.05) is 48.5 Å². The lowest BCUT2D eigenvalue weighted by Gasteiger charge is -2.50. The van der Waals surface area contributed by atoms with Crippen molar-refractivity contribution in [2.45, 2.75) is 83.3 Å². The predicted octanol–water partition coefficient (Wildman–Crippen LogP) is 3.23. The van der Waals surface area contributed by atoms with Crippen LogP contribution in [0.15, 0.2) is 0 Å². The Hall–Kier alpha value is 0.0569. The second-order valence-corrected chi connectivity index (χ2v) is 12.6. The van der Waals surface area contributed by atoms with Crippen molar-refractivity contribution in [2.24, 2.45) is 0 Å². The van der Waals surface area contributed by atoms with E-state index >= 15 is 0 Å². The summed E-state index contributed by atoms with van der Waals surface area (Å²) in [6.07, 6.45) is -0.0574. The molecule has 0 amide bonds. The average molecular weight is 305 g/mol. The Morgan fingerprint density at radius 3 is 2.00 bits per heavy atom. The molecule has 3 atom stereocenters. The second kappa shape index (κ2) is 6.05. The van der Waals surface area contributed by atoms with Gasteiger partial charge < -0.3 is 18.7 Å². The van der Waals surface area contributed by atoms with Crippen LogP contribution in [-0.4, -0.2) is 45.7 Å². The van der Waals surface area contributed by atoms with E-state index in [-0.39, 0.29) is 22.3 Å². The Morgan fingerprint density at radius 2 is 1.65 bits per heavy atom. The third-order valence-electron chi connectivity index (χ3n) is 4.19. The summed E-state index contributed by atoms with van der Waals surface area (Å²) in [6.45, 7) is 15.4. The van der Waals surface area contributed by atoms with Crippen LogP contribution in [0.5, 0.6) is 0 Å². The lowest BCUT2D eigenvalue weighted by molar-refractivity contribution is 0.000179. The van der Waals surface area contributed by atoms with Crippen LogP contribution >= 0.6 is 0 Å². The smallest absolute Gasteiger partial charge is 0.349 e. The lowest BCUT2D eigenvalue weighted by Crippen LogP contribution is -2.60. The van der Waals surface area contributed by atoms with Crippen molar-refractivity contribution in [3.05, 3.63) is 0 Å². The molecule has 0 aromatic carbocycles. The fourth-order valence-corrected chi connectivity index (χ4v) is 8.47. The number of aliphatic hydroxyl groups excluding tert-OH is 1. The molecule has 1 fully saturated rings. The van der Waals surface area contributed by atoms with Gasteiger partial charge in [0.1, 0.15) is 12.2 Å². The number of rotatable bonds is 4. The van der Waals surface area contributed by atoms with Gasteiger partial charge in [-0.15, -0.1) is 0 Å². The summed E-state index contributed by atoms with van der Waals surface area (Å²) in [5.41, 5.74) is 0. The molecule has 1 aliphatic heterocycles. The Bertz CT molecular complexity index is 305. The first-order valence-corrected chi connectivity index (χ1v) is 9.34. The Morgan fingerprint density at radius 1 is 1.15 bits per heavy atom. The summed E-state index contributed by atoms with van der Waals surface area (Å²) < 4.78 is 18.2. The summed E-state index contributed by atoms with van der Waals surface area (Å²) in [5, 5.41) is 10.0. The first kappa shape index (κ1) is 18.1. The van der Waals surface area contributed by atoms with Gasteiger partial charge in [-0.3, -0.25) is 0 Å². The molecular formula is C15H32O4Si. The summed E-state index contributed by atoms with van der Waals surface area (Å²) in [6, 6.07) is 0. The summed E-state index contributed by atoms with van der Waals surface area (Å²) in [5.74, 6) is 0. The minimum Gasteiger partial charge on any atom is -0.397 e. The maximum atomic E-state index is 10.2. The molecule has 0 aromatic heterocycles. The van der Waals surface area contributed by atoms with Gasteiger partial charge in [-0.25, -0.2) is 0 Å². The standard InChI is InChI=1S/C15H32O4Si/c1-9-12-13(11(16)10-18-12)19-20(17-8,14(2,3)4)15(5,6)7/h11-13,16H,9-10H2,1-8H3/t11-,12+,13-/m0/s1. The minimum absolute atomic E-state index is 0.0447. The zero-order valence-corrected chi connectivity index (χ0v) is 15.3. The van der Waals surface area contributed by atoms with Crippen molar-refractivity contribution in [1.82, 2.24) is 0 Å². The molecule has 0 saturated carbocycles. The van der Waals surface area contributed by atoms with E-state index in [1.165, 1.54) is 0 Å². The molecule has 0 aliphatic carbocycles. The molecule has 0 spiro atoms. The first-order valence-electron chi connectivity index (χ1n) is 7.53. The number of ether oxygens (including phenoxy) is 1. The quantitative estimate of drug-likeness (QED) is 0.810. The highest BCUT2D eigenvalue weighted by Crippen LogP contribution is 2.53. The maximum absolute atomic E-state index is 10.2. The molecule has 1 rings (SSSR count). The van der Waals surface area contributed by atoms with Crippen LogP contribution in [-0.2, 0) is 13.6 Å². The molecule has 120 valence electrons. The van der Waals surface area contributed by atoms with Gasteiger partial charge in [-0.05, 0) is 6.42 Å². The highest BCUT2D eigenvalue weighted by molar-refractivity contribution is 6.73. The molecule has 0 bridgehead atoms. The van der Waals surface area contributed by atoms with Gasteiger partial charge in [-0.2, -0.15) is 0 Å². The topological polar surface area (TPSA) is 47.9 Å². The van der Waals surface area contributed by atoms with Gasteiger partial charge in [0.15, 0.2) is 0 Å². The van der Waals surface area contributed by atoms with E-state index in [0.29, 0.717) is 6.61 Å². The van der Waals surface area contributed by atoms with Crippen LogP contribution in [0, 0.1) is 0 Å². The zero-order valence-electron chi connectivity index (χ0n) is 14.3. The van der Waals surface area contributed by atoms with E-state index in [2.05, 4.69) is 48.5 Å². The van der Waals surface area contributed by atoms with E-state index in [0.717, 1.165) is 6.42 Å². The molecule has 0 radical (unpaired) electrons. The fraction of sp³-hybridized carbons (Fsp3) is 1.00. The van der Waals surface area contributed by atoms with E-state index in [4.69, 9.17) is 13.6 Å². The van der Waals surface area contributed by atoms with E-state index < -0.39 is 14.7 Å². The van der Waals surface area contributed by atoms with Gasteiger partial charge in [0.25, 0.3) is 0 Å². The Kier molecular flexibility index (Phi) is 5.47. The van der Waals surface area contributed by atoms with E-state index in [1.807, 2.05) is 0 Å². The summed E-state index contributed by atoms with van der Waals surface area (Å²) in [4.78, 5) is 0. The van der Waals surface area contributed by atoms with Gasteiger partial charge >= 0.3 is 8.56 Å². The van der Waals surface area contributed by atoms with Crippen LogP contribution < -0.4 is 0 Å². The monoisotopic (exact) mass is 304 g/mol. The van der Waals surface area contributed by atoms with Crippen LogP contribution in [0.4, 0.5) is 0 Å². The van der Waals surface area contributed by atoms with Crippen molar-refractivity contribution in [2.75, 3.05) is 13.7 Å². The van der Waals surface area contributed by atoms with Crippen LogP contribution in [0.1, 0.15) is 54.9 Å². The molecule has 1 aliphatic rings. The highest BCUT2D eigenvalue weighted by atomic mass is 28.4. The Balaban J connectivity index is 3.13. The van der Waals surface area contributed by atoms with Crippen LogP contribution in [0.2, 0.25) is 10.1 Å². The molecule has 1 heterocycles. The largest absolute Gasteiger partial charge is 0.397 e. The molecule has 0 aromatic rings. The summed E-state index contributed by atoms with van der Waals surface area (Å²) >= 11 is 0. The molecular weight excluding hydrogens is 272 g/mol. The number of aliphatic hydroxyl groups is 1. The molecule has 5 heteroatoms. The second-order valence-electron chi connectivity index (χ2n) is 7.75. The molecule has 20 heavy (non-hydrogen) atoms. The van der Waals surface area contributed by atoms with Crippen molar-refractivity contribution in [3.8, 4) is 0 Å². The Labute approximate surface area is 125 Å². The first-order chi connectivity index (χ1) is 9.00. The van der Waals surface area contributed by atoms with Crippen molar-refractivity contribution in [1.29, 1.82) is 0 Å². The van der Waals surface area contributed by atoms with E-state index in [1.54, 1.807) is 7.11 Å². The minimum atomic E-state index is -2.58. The highest BCUT2D eigenvalue weighted by Gasteiger charge is 2.60. The van der Waals surface area contributed by atoms with Crippen molar-refractivity contribution < 1.29 is 18.7 Å². The third-order valence-corrected chi connectivity index (χ3v) is 9.32. The van der Waals surface area contributed by atoms with E-state index in [9.17, 15) is 5.11 Å². The molecule has 4 nitrogen and oxygen atoms in total. The lowest BCUT2D eigenvalue weighted by atomic mass is 10.1. The van der Waals surface area contributed by atoms with Crippen LogP contribution in [0.3, 0.4) is 0 Å². The number of hydrogen-bond acceptors (Lipinski definition) is 4. The molecule has 1 saturated heterocycles. The van der Waals surface area contributed by atoms with Crippen LogP contribution in [0.25, 0.3) is 0 Å². The number of hydrogen-bond donors (Lipinski definition) is 1. The van der Waals surface area contributed by atoms with Gasteiger partial charge in [0.2, 0.25) is 0 Å². The SMILES string of the molecule is CC[C@H]1OC[C@H](O)[C@@H]1O[Si](OC)(C(C)(C)C)C(C)(C)C. The van der Waals surface area contributed by atoms with Crippen molar-refractivity contribution >= 4 is 8.56 Å². The van der Waals surface area contributed by atoms with Gasteiger partial charge in [0.05, 0.1) is 12.7 Å². The molecule has 0 unspecified atom stereocenters. The normalized spacial score (nSPS) is 28.9. The average Bonchev–Trinajstić information content (AvgIpc) is 2.63. The van der Waals surface area contributed by atoms with Crippen molar-refractivity contribution in [3.63, 3.8) is 0 Å². The predicted molar refractivity (Wildman–Crippen MR) is 83.1 cm³/mol. The third kappa shape index (κ3) is 3.12.